The molecule has 0 aliphatic heterocycles. The van der Waals surface area contributed by atoms with E-state index in [2.05, 4.69) is 78.6 Å². The first-order chi connectivity index (χ1) is 20.3. The molecule has 0 saturated heterocycles. The average molecular weight is 711 g/mol. The molecule has 6 heteroatoms. The monoisotopic (exact) mass is 710 g/mol. The van der Waals surface area contributed by atoms with E-state index in [4.69, 9.17) is 0 Å². The van der Waals surface area contributed by atoms with Gasteiger partial charge in [-0.25, -0.2) is 0 Å². The largest absolute Gasteiger partial charge is 0.106 e. The molecule has 0 aromatic heterocycles. The molecule has 8 atom stereocenters. The molecule has 0 radical (unpaired) electrons. The summed E-state index contributed by atoms with van der Waals surface area (Å²) in [6, 6.07) is 0. The first-order valence-corrected chi connectivity index (χ1v) is 37.9. The first kappa shape index (κ1) is 38.5. The van der Waals surface area contributed by atoms with Crippen molar-refractivity contribution in [2.45, 2.75) is 178 Å². The van der Waals surface area contributed by atoms with Gasteiger partial charge in [-0.05, 0) is 82.8 Å². The van der Waals surface area contributed by atoms with Crippen molar-refractivity contribution in [2.24, 2.45) is 23.7 Å². The molecule has 258 valence electrons. The van der Waals surface area contributed by atoms with Crippen molar-refractivity contribution in [3.63, 3.8) is 0 Å². The molecule has 4 aliphatic carbocycles. The lowest BCUT2D eigenvalue weighted by Gasteiger charge is -2.38. The maximum absolute atomic E-state index is 2.71. The lowest BCUT2D eigenvalue weighted by Crippen LogP contribution is -2.34. The maximum atomic E-state index is 2.71. The normalized spacial score (nSPS) is 35.5. The molecule has 8 unspecified atom stereocenters. The summed E-state index contributed by atoms with van der Waals surface area (Å²) >= 11 is 0. The van der Waals surface area contributed by atoms with Gasteiger partial charge in [-0.3, -0.25) is 0 Å². The summed E-state index contributed by atoms with van der Waals surface area (Å²) in [5.74, 6) is 4.40. The van der Waals surface area contributed by atoms with Crippen molar-refractivity contribution in [1.29, 1.82) is 0 Å². The van der Waals surface area contributed by atoms with Crippen LogP contribution in [0.5, 0.6) is 0 Å². The third-order valence-electron chi connectivity index (χ3n) is 13.8. The zero-order chi connectivity index (χ0) is 32.5. The van der Waals surface area contributed by atoms with E-state index in [1.807, 2.05) is 0 Å². The summed E-state index contributed by atoms with van der Waals surface area (Å²) in [7, 11) is -3.81. The van der Waals surface area contributed by atoms with E-state index in [0.29, 0.717) is 0 Å². The van der Waals surface area contributed by atoms with Crippen molar-refractivity contribution in [3.05, 3.63) is 0 Å². The molecule has 4 saturated carbocycles. The molecule has 0 amide bonds. The number of hydrogen-bond acceptors (Lipinski definition) is 0. The minimum Gasteiger partial charge on any atom is -0.106 e. The van der Waals surface area contributed by atoms with Gasteiger partial charge in [0.2, 0.25) is 0 Å². The molecule has 0 spiro atoms. The van der Waals surface area contributed by atoms with E-state index >= 15 is 0 Å². The van der Waals surface area contributed by atoms with Gasteiger partial charge in [0.05, 0.1) is 0 Å². The van der Waals surface area contributed by atoms with E-state index in [-0.39, 0.29) is 15.8 Å². The second kappa shape index (κ2) is 15.7. The van der Waals surface area contributed by atoms with Gasteiger partial charge in [0, 0.05) is 32.3 Å². The van der Waals surface area contributed by atoms with Crippen LogP contribution in [0.25, 0.3) is 0 Å². The molecule has 0 heterocycles. The zero-order valence-corrected chi connectivity index (χ0v) is 38.0. The Labute approximate surface area is 285 Å². The van der Waals surface area contributed by atoms with Crippen LogP contribution in [0.3, 0.4) is 0 Å². The third-order valence-corrected chi connectivity index (χ3v) is 31.7. The molecule has 0 aromatic rings. The third kappa shape index (κ3) is 10.6. The fourth-order valence-corrected chi connectivity index (χ4v) is 31.3. The van der Waals surface area contributed by atoms with Crippen LogP contribution < -0.4 is 0 Å². The molecule has 0 aromatic carbocycles. The van der Waals surface area contributed by atoms with Crippen LogP contribution in [-0.2, 0) is 0 Å². The SMILES string of the molecule is C[Si](C)(C)C1CCCC1CP(CCP(CC1CCCC1[Si](C)(C)C)CC1CCCC1[Si](C)(C)C)CC1CCCC1[Si](C)(C)C. The molecule has 0 bridgehead atoms. The molecule has 4 fully saturated rings. The summed E-state index contributed by atoms with van der Waals surface area (Å²) < 4.78 is 0. The summed E-state index contributed by atoms with van der Waals surface area (Å²) in [4.78, 5) is 0. The topological polar surface area (TPSA) is 0 Å². The Kier molecular flexibility index (Phi) is 13.8. The summed E-state index contributed by atoms with van der Waals surface area (Å²) in [6.45, 7) is 32.5. The van der Waals surface area contributed by atoms with Crippen LogP contribution in [0, 0.1) is 23.7 Å². The molecular weight excluding hydrogens is 631 g/mol. The highest BCUT2D eigenvalue weighted by Gasteiger charge is 2.43. The minimum absolute atomic E-state index is 0.212. The lowest BCUT2D eigenvalue weighted by molar-refractivity contribution is 0.582. The van der Waals surface area contributed by atoms with Gasteiger partial charge in [0.15, 0.2) is 0 Å². The Balaban J connectivity index is 1.53. The highest BCUT2D eigenvalue weighted by atomic mass is 31.1. The fourth-order valence-electron chi connectivity index (χ4n) is 11.7. The van der Waals surface area contributed by atoms with Crippen LogP contribution in [0.1, 0.15) is 77.0 Å². The average Bonchev–Trinajstić information content (AvgIpc) is 3.67. The van der Waals surface area contributed by atoms with Gasteiger partial charge in [-0.15, -0.1) is 15.8 Å². The Bertz CT molecular complexity index is 741. The van der Waals surface area contributed by atoms with E-state index in [0.717, 1.165) is 45.8 Å². The van der Waals surface area contributed by atoms with Crippen molar-refractivity contribution >= 4 is 48.1 Å². The molecule has 4 rings (SSSR count). The molecule has 0 nitrogen and oxygen atoms in total. The summed E-state index contributed by atoms with van der Waals surface area (Å²) in [6.07, 6.45) is 29.0. The summed E-state index contributed by atoms with van der Waals surface area (Å²) in [5, 5.41) is 0. The smallest absolute Gasteiger partial charge is 0.0476 e. The second-order valence-electron chi connectivity index (χ2n) is 21.2. The van der Waals surface area contributed by atoms with E-state index in [1.165, 1.54) is 0 Å². The van der Waals surface area contributed by atoms with Gasteiger partial charge < -0.3 is 0 Å². The predicted octanol–water partition coefficient (Wildman–Crippen LogP) is 14.0. The molecular formula is C38H80P2Si4. The Morgan fingerprint density at radius 3 is 0.727 bits per heavy atom. The van der Waals surface area contributed by atoms with Crippen molar-refractivity contribution < 1.29 is 0 Å². The van der Waals surface area contributed by atoms with Crippen LogP contribution in [0.4, 0.5) is 0 Å². The van der Waals surface area contributed by atoms with Crippen LogP contribution in [-0.4, -0.2) is 69.3 Å². The summed E-state index contributed by atoms with van der Waals surface area (Å²) in [5.41, 5.74) is 4.49. The number of hydrogen-bond donors (Lipinski definition) is 0. The van der Waals surface area contributed by atoms with Gasteiger partial charge in [-0.1, -0.05) is 156 Å². The Morgan fingerprint density at radius 1 is 0.341 bits per heavy atom. The molecule has 4 aliphatic rings. The quantitative estimate of drug-likeness (QED) is 0.117. The van der Waals surface area contributed by atoms with Gasteiger partial charge in [0.25, 0.3) is 0 Å². The first-order valence-electron chi connectivity index (χ1n) is 19.8. The van der Waals surface area contributed by atoms with Gasteiger partial charge in [0.1, 0.15) is 0 Å². The Morgan fingerprint density at radius 2 is 0.545 bits per heavy atom. The van der Waals surface area contributed by atoms with Crippen LogP contribution in [0.2, 0.25) is 101 Å². The standard InChI is InChI=1S/C38H80P2Si4/c1-41(2,3)35-21-13-17-31(35)27-39(28-32-18-14-22-36(32)42(4,5)6)25-26-40(29-33-19-15-23-37(33)43(7,8)9)30-34-20-16-24-38(34)44(10,11)12/h31-38H,13-30H2,1-12H3. The van der Waals surface area contributed by atoms with Crippen molar-refractivity contribution in [1.82, 2.24) is 0 Å². The maximum Gasteiger partial charge on any atom is 0.0476 e. The van der Waals surface area contributed by atoms with Crippen LogP contribution in [0.15, 0.2) is 0 Å². The lowest BCUT2D eigenvalue weighted by atomic mass is 10.1. The predicted molar refractivity (Wildman–Crippen MR) is 221 cm³/mol. The van der Waals surface area contributed by atoms with Gasteiger partial charge >= 0.3 is 0 Å². The Hall–Kier alpha value is 1.73. The van der Waals surface area contributed by atoms with Crippen molar-refractivity contribution in [3.8, 4) is 0 Å². The highest BCUT2D eigenvalue weighted by Crippen LogP contribution is 2.59. The molecule has 0 N–H and O–H groups in total. The van der Waals surface area contributed by atoms with E-state index in [9.17, 15) is 0 Å². The molecule has 44 heavy (non-hydrogen) atoms. The fraction of sp³-hybridized carbons (Fsp3) is 1.00. The minimum atomic E-state index is -1.06. The van der Waals surface area contributed by atoms with E-state index in [1.54, 1.807) is 114 Å². The zero-order valence-electron chi connectivity index (χ0n) is 32.2. The number of rotatable bonds is 15. The van der Waals surface area contributed by atoms with Gasteiger partial charge in [-0.2, -0.15) is 0 Å². The van der Waals surface area contributed by atoms with Crippen molar-refractivity contribution in [2.75, 3.05) is 37.0 Å². The van der Waals surface area contributed by atoms with Crippen LogP contribution >= 0.6 is 15.8 Å². The van der Waals surface area contributed by atoms with E-state index < -0.39 is 32.3 Å². The second-order valence-corrected chi connectivity index (χ2v) is 48.1. The highest BCUT2D eigenvalue weighted by molar-refractivity contribution is 7.61.